The van der Waals surface area contributed by atoms with Gasteiger partial charge in [0.1, 0.15) is 24.0 Å². The first-order chi connectivity index (χ1) is 22.9. The highest BCUT2D eigenvalue weighted by Crippen LogP contribution is 2.44. The zero-order valence-electron chi connectivity index (χ0n) is 27.2. The third kappa shape index (κ3) is 8.00. The maximum Gasteiger partial charge on any atom is 0.330 e. The maximum atomic E-state index is 14.3. The molecule has 48 heavy (non-hydrogen) atoms. The molecule has 3 amide bonds. The number of carbonyl (C=O) groups excluding carboxylic acids is 4. The topological polar surface area (TPSA) is 151 Å². The third-order valence-corrected chi connectivity index (χ3v) is 9.46. The van der Waals surface area contributed by atoms with Crippen molar-refractivity contribution in [2.24, 2.45) is 23.7 Å². The van der Waals surface area contributed by atoms with Gasteiger partial charge in [-0.1, -0.05) is 19.9 Å². The summed E-state index contributed by atoms with van der Waals surface area (Å²) in [5.74, 6) is -2.53. The molecule has 0 saturated heterocycles. The third-order valence-electron chi connectivity index (χ3n) is 9.46. The van der Waals surface area contributed by atoms with E-state index in [0.29, 0.717) is 23.7 Å². The summed E-state index contributed by atoms with van der Waals surface area (Å²) < 4.78 is 33.8. The highest BCUT2D eigenvalue weighted by molar-refractivity contribution is 6.02. The van der Waals surface area contributed by atoms with E-state index in [0.717, 1.165) is 31.4 Å². The molecular weight excluding hydrogens is 624 g/mol. The maximum absolute atomic E-state index is 14.3. The van der Waals surface area contributed by atoms with Gasteiger partial charge in [-0.3, -0.25) is 19.2 Å². The first kappa shape index (κ1) is 34.5. The average Bonchev–Trinajstić information content (AvgIpc) is 3.49. The van der Waals surface area contributed by atoms with Crippen LogP contribution >= 0.6 is 0 Å². The fraction of sp³-hybridized carbons (Fsp3) is 0.457. The van der Waals surface area contributed by atoms with E-state index in [1.165, 1.54) is 54.6 Å². The number of H-pyrrole nitrogens is 1. The predicted molar refractivity (Wildman–Crippen MR) is 175 cm³/mol. The number of nitrogens with zero attached hydrogens (tertiary/aromatic N) is 1. The minimum Gasteiger partial charge on any atom is -0.466 e. The Kier molecular flexibility index (Phi) is 10.8. The fourth-order valence-electron chi connectivity index (χ4n) is 7.33. The fourth-order valence-corrected chi connectivity index (χ4v) is 7.33. The van der Waals surface area contributed by atoms with Crippen LogP contribution < -0.4 is 21.5 Å². The molecule has 2 aliphatic rings. The summed E-state index contributed by atoms with van der Waals surface area (Å²) in [6.07, 6.45) is 8.76. The van der Waals surface area contributed by atoms with Gasteiger partial charge in [0.05, 0.1) is 7.11 Å². The minimum atomic E-state index is -1.21. The smallest absolute Gasteiger partial charge is 0.330 e. The lowest BCUT2D eigenvalue weighted by molar-refractivity contribution is -0.134. The van der Waals surface area contributed by atoms with E-state index in [1.54, 1.807) is 0 Å². The van der Waals surface area contributed by atoms with Gasteiger partial charge in [0.25, 0.3) is 11.5 Å². The Balaban J connectivity index is 1.28. The number of pyridine rings is 1. The molecule has 5 rings (SSSR count). The van der Waals surface area contributed by atoms with Crippen LogP contribution in [0.4, 0.5) is 14.5 Å². The second-order valence-corrected chi connectivity index (χ2v) is 13.1. The Bertz CT molecular complexity index is 1780. The standard InChI is InChI=1S/C35H41F2N5O6/c1-19-13-21-15-20(2)32(22(14-19)16-21)41-29(43)18-42-12-6-8-27(35(42)47)40-33(45)26(7-4-5-9-30(44)48-3)39-34(46)28-17-23-25(38-28)11-10-24(36)31(23)37/h5-6,8-12,17,19-22,26,32,38H,4,7,13-16,18H2,1-3H3,(H,39,46)(H,40,45)(H,41,43)/b9-5+/t19?,20?,21?,22?,26-,32?/m0/s1. The first-order valence-electron chi connectivity index (χ1n) is 16.2. The lowest BCUT2D eigenvalue weighted by Gasteiger charge is -2.46. The van der Waals surface area contributed by atoms with E-state index in [9.17, 15) is 32.8 Å². The monoisotopic (exact) mass is 665 g/mol. The summed E-state index contributed by atoms with van der Waals surface area (Å²) in [5, 5.41) is 8.16. The lowest BCUT2D eigenvalue weighted by Crippen LogP contribution is -2.51. The first-order valence-corrected chi connectivity index (χ1v) is 16.2. The molecule has 2 heterocycles. The zero-order chi connectivity index (χ0) is 34.5. The molecule has 0 aliphatic heterocycles. The van der Waals surface area contributed by atoms with Gasteiger partial charge in [-0.05, 0) is 92.5 Å². The number of carbonyl (C=O) groups is 4. The molecule has 3 aromatic rings. The lowest BCUT2D eigenvalue weighted by atomic mass is 9.63. The highest BCUT2D eigenvalue weighted by atomic mass is 19.2. The van der Waals surface area contributed by atoms with Gasteiger partial charge in [0.2, 0.25) is 11.8 Å². The Hall–Kier alpha value is -4.81. The predicted octanol–water partition coefficient (Wildman–Crippen LogP) is 4.43. The van der Waals surface area contributed by atoms with Crippen LogP contribution in [0.1, 0.15) is 62.9 Å². The van der Waals surface area contributed by atoms with Crippen LogP contribution in [-0.4, -0.2) is 52.4 Å². The van der Waals surface area contributed by atoms with Crippen LogP contribution in [0.5, 0.6) is 0 Å². The summed E-state index contributed by atoms with van der Waals surface area (Å²) in [5.41, 5.74) is -0.632. The normalized spacial score (nSPS) is 22.6. The molecule has 4 N–H and O–H groups in total. The molecule has 0 radical (unpaired) electrons. The molecule has 1 aromatic carbocycles. The van der Waals surface area contributed by atoms with Crippen molar-refractivity contribution < 1.29 is 32.7 Å². The van der Waals surface area contributed by atoms with Crippen molar-refractivity contribution in [3.05, 3.63) is 76.4 Å². The Morgan fingerprint density at radius 3 is 2.67 bits per heavy atom. The van der Waals surface area contributed by atoms with Crippen molar-refractivity contribution >= 4 is 40.3 Å². The molecule has 6 atom stereocenters. The largest absolute Gasteiger partial charge is 0.466 e. The van der Waals surface area contributed by atoms with Crippen molar-refractivity contribution in [2.45, 2.75) is 71.0 Å². The van der Waals surface area contributed by atoms with Crippen molar-refractivity contribution in [1.82, 2.24) is 20.2 Å². The number of allylic oxidation sites excluding steroid dienone is 1. The molecule has 2 aliphatic carbocycles. The number of hydrogen-bond acceptors (Lipinski definition) is 6. The van der Waals surface area contributed by atoms with Crippen LogP contribution in [0.25, 0.3) is 10.9 Å². The van der Waals surface area contributed by atoms with Crippen LogP contribution in [0, 0.1) is 35.3 Å². The minimum absolute atomic E-state index is 0.0118. The molecular formula is C35H41F2N5O6. The molecule has 2 bridgehead atoms. The molecule has 2 fully saturated rings. The molecule has 2 saturated carbocycles. The number of nitrogens with one attached hydrogen (secondary N) is 4. The number of anilines is 1. The van der Waals surface area contributed by atoms with E-state index < -0.39 is 41.0 Å². The molecule has 0 spiro atoms. The quantitative estimate of drug-likeness (QED) is 0.176. The summed E-state index contributed by atoms with van der Waals surface area (Å²) in [4.78, 5) is 67.3. The van der Waals surface area contributed by atoms with Crippen LogP contribution in [0.3, 0.4) is 0 Å². The van der Waals surface area contributed by atoms with Crippen molar-refractivity contribution in [3.8, 4) is 0 Å². The number of methoxy groups -OCH3 is 1. The number of aromatic nitrogens is 2. The van der Waals surface area contributed by atoms with Crippen LogP contribution in [-0.2, 0) is 25.7 Å². The Labute approximate surface area is 276 Å². The van der Waals surface area contributed by atoms with Gasteiger partial charge >= 0.3 is 5.97 Å². The number of ether oxygens (including phenoxy) is 1. The number of halogens is 2. The molecule has 13 heteroatoms. The highest BCUT2D eigenvalue weighted by Gasteiger charge is 2.40. The van der Waals surface area contributed by atoms with Gasteiger partial charge < -0.3 is 30.2 Å². The number of rotatable bonds is 11. The average molecular weight is 666 g/mol. The number of amides is 3. The molecule has 11 nitrogen and oxygen atoms in total. The summed E-state index contributed by atoms with van der Waals surface area (Å²) in [7, 11) is 1.22. The van der Waals surface area contributed by atoms with Gasteiger partial charge in [0.15, 0.2) is 11.6 Å². The summed E-state index contributed by atoms with van der Waals surface area (Å²) >= 11 is 0. The van der Waals surface area contributed by atoms with Crippen molar-refractivity contribution in [2.75, 3.05) is 12.4 Å². The van der Waals surface area contributed by atoms with Gasteiger partial charge in [-0.25, -0.2) is 13.6 Å². The van der Waals surface area contributed by atoms with Gasteiger partial charge in [0, 0.05) is 29.2 Å². The van der Waals surface area contributed by atoms with Gasteiger partial charge in [-0.15, -0.1) is 0 Å². The van der Waals surface area contributed by atoms with Crippen molar-refractivity contribution in [1.29, 1.82) is 0 Å². The van der Waals surface area contributed by atoms with E-state index in [2.05, 4.69) is 39.5 Å². The summed E-state index contributed by atoms with van der Waals surface area (Å²) in [6, 6.07) is 5.11. The second kappa shape index (κ2) is 15.0. The van der Waals surface area contributed by atoms with Gasteiger partial charge in [-0.2, -0.15) is 0 Å². The van der Waals surface area contributed by atoms with Crippen molar-refractivity contribution in [3.63, 3.8) is 0 Å². The summed E-state index contributed by atoms with van der Waals surface area (Å²) in [6.45, 7) is 4.19. The molecule has 256 valence electrons. The van der Waals surface area contributed by atoms with Crippen LogP contribution in [0.15, 0.2) is 53.5 Å². The number of aromatic amines is 1. The number of benzene rings is 1. The van der Waals surface area contributed by atoms with E-state index in [-0.39, 0.29) is 53.6 Å². The number of fused-ring (bicyclic) bond motifs is 3. The van der Waals surface area contributed by atoms with E-state index in [1.807, 2.05) is 0 Å². The molecule has 2 aromatic heterocycles. The van der Waals surface area contributed by atoms with E-state index >= 15 is 0 Å². The second-order valence-electron chi connectivity index (χ2n) is 13.1. The van der Waals surface area contributed by atoms with E-state index in [4.69, 9.17) is 0 Å². The van der Waals surface area contributed by atoms with Crippen LogP contribution in [0.2, 0.25) is 0 Å². The zero-order valence-corrected chi connectivity index (χ0v) is 27.2. The number of hydrogen-bond donors (Lipinski definition) is 4. The Morgan fingerprint density at radius 1 is 1.10 bits per heavy atom. The Morgan fingerprint density at radius 2 is 1.90 bits per heavy atom. The molecule has 5 unspecified atom stereocenters. The SMILES string of the molecule is COC(=O)/C=C/CC[C@H](NC(=O)c1cc2c(F)c(F)ccc2[nH]1)C(=O)Nc1cccn(CC(=O)NC2C(C)CC3CC(C)CC2C3)c1=O. The number of esters is 1.